The van der Waals surface area contributed by atoms with Gasteiger partial charge in [0.15, 0.2) is 0 Å². The van der Waals surface area contributed by atoms with E-state index in [2.05, 4.69) is 16.3 Å². The molecule has 60 valence electrons. The van der Waals surface area contributed by atoms with Crippen LogP contribution in [0, 0.1) is 0 Å². The first kappa shape index (κ1) is 8.43. The van der Waals surface area contributed by atoms with Gasteiger partial charge in [0.1, 0.15) is 0 Å². The van der Waals surface area contributed by atoms with E-state index >= 15 is 0 Å². The van der Waals surface area contributed by atoms with E-state index in [0.29, 0.717) is 0 Å². The van der Waals surface area contributed by atoms with Gasteiger partial charge >= 0.3 is 10.7 Å². The standard InChI is InChI=1S/C4H3Cl2F3O/c1-2(3(5,7)8)4(6,9)10-2/h1H3. The maximum atomic E-state index is 12.3. The molecule has 1 aliphatic heterocycles. The molecule has 0 aliphatic carbocycles. The molecule has 1 heterocycles. The summed E-state index contributed by atoms with van der Waals surface area (Å²) in [5.74, 6) is 0. The van der Waals surface area contributed by atoms with Gasteiger partial charge in [-0.05, 0) is 30.1 Å². The second-order valence-corrected chi connectivity index (χ2v) is 3.11. The van der Waals surface area contributed by atoms with Crippen LogP contribution in [-0.4, -0.2) is 16.3 Å². The molecule has 0 saturated carbocycles. The molecule has 0 amide bonds. The first-order valence-electron chi connectivity index (χ1n) is 2.35. The molecule has 0 aromatic rings. The zero-order valence-electron chi connectivity index (χ0n) is 4.80. The topological polar surface area (TPSA) is 12.5 Å². The Balaban J connectivity index is 2.78. The zero-order chi connectivity index (χ0) is 8.21. The van der Waals surface area contributed by atoms with Crippen LogP contribution in [0.15, 0.2) is 0 Å². The third kappa shape index (κ3) is 0.898. The van der Waals surface area contributed by atoms with E-state index in [-0.39, 0.29) is 0 Å². The number of epoxide rings is 1. The first-order valence-corrected chi connectivity index (χ1v) is 3.11. The van der Waals surface area contributed by atoms with Crippen LogP contribution in [0.2, 0.25) is 0 Å². The molecule has 0 spiro atoms. The van der Waals surface area contributed by atoms with E-state index in [1.807, 2.05) is 0 Å². The van der Waals surface area contributed by atoms with E-state index in [1.54, 1.807) is 0 Å². The lowest BCUT2D eigenvalue weighted by Gasteiger charge is -2.11. The van der Waals surface area contributed by atoms with Gasteiger partial charge in [-0.25, -0.2) is 0 Å². The third-order valence-electron chi connectivity index (χ3n) is 1.39. The number of alkyl halides is 5. The van der Waals surface area contributed by atoms with E-state index in [9.17, 15) is 13.2 Å². The molecule has 0 aromatic heterocycles. The summed E-state index contributed by atoms with van der Waals surface area (Å²) in [6.45, 7) is 0.799. The summed E-state index contributed by atoms with van der Waals surface area (Å²) in [5.41, 5.74) is -2.39. The monoisotopic (exact) mass is 194 g/mol. The van der Waals surface area contributed by atoms with Crippen molar-refractivity contribution in [3.63, 3.8) is 0 Å². The molecular weight excluding hydrogens is 192 g/mol. The number of rotatable bonds is 1. The minimum atomic E-state index is -3.77. The Morgan fingerprint density at radius 2 is 1.80 bits per heavy atom. The lowest BCUT2D eigenvalue weighted by Crippen LogP contribution is -2.32. The van der Waals surface area contributed by atoms with Crippen molar-refractivity contribution in [1.29, 1.82) is 0 Å². The van der Waals surface area contributed by atoms with Crippen molar-refractivity contribution >= 4 is 23.2 Å². The number of hydrogen-bond acceptors (Lipinski definition) is 1. The highest BCUT2D eigenvalue weighted by Gasteiger charge is 2.80. The average Bonchev–Trinajstić information content (AvgIpc) is 2.05. The molecule has 2 unspecified atom stereocenters. The van der Waals surface area contributed by atoms with Crippen LogP contribution in [0.3, 0.4) is 0 Å². The minimum Gasteiger partial charge on any atom is -0.309 e. The van der Waals surface area contributed by atoms with Gasteiger partial charge in [-0.15, -0.1) is 0 Å². The summed E-state index contributed by atoms with van der Waals surface area (Å²) in [6, 6.07) is 0. The van der Waals surface area contributed by atoms with Crippen LogP contribution >= 0.6 is 23.2 Å². The highest BCUT2D eigenvalue weighted by atomic mass is 35.5. The second kappa shape index (κ2) is 1.73. The predicted molar refractivity (Wildman–Crippen MR) is 30.0 cm³/mol. The van der Waals surface area contributed by atoms with Crippen LogP contribution in [0.1, 0.15) is 6.92 Å². The largest absolute Gasteiger partial charge is 0.357 e. The molecule has 0 radical (unpaired) electrons. The molecule has 0 aromatic carbocycles. The molecular formula is C4H3Cl2F3O. The number of halogens is 5. The summed E-state index contributed by atoms with van der Waals surface area (Å²) in [4.78, 5) is 0. The Bertz CT molecular complexity index is 166. The van der Waals surface area contributed by atoms with E-state index in [1.165, 1.54) is 0 Å². The van der Waals surface area contributed by atoms with Gasteiger partial charge in [-0.2, -0.15) is 13.2 Å². The van der Waals surface area contributed by atoms with Crippen LogP contribution in [0.4, 0.5) is 13.2 Å². The van der Waals surface area contributed by atoms with Crippen molar-refractivity contribution in [2.75, 3.05) is 0 Å². The molecule has 10 heavy (non-hydrogen) atoms. The van der Waals surface area contributed by atoms with Gasteiger partial charge in [-0.1, -0.05) is 0 Å². The highest BCUT2D eigenvalue weighted by molar-refractivity contribution is 6.28. The first-order chi connectivity index (χ1) is 4.21. The Hall–Kier alpha value is 0.330. The summed E-state index contributed by atoms with van der Waals surface area (Å²) < 4.78 is 40.4. The maximum absolute atomic E-state index is 12.3. The average molecular weight is 195 g/mol. The Kier molecular flexibility index (Phi) is 1.46. The van der Waals surface area contributed by atoms with Gasteiger partial charge < -0.3 is 4.74 Å². The van der Waals surface area contributed by atoms with Crippen LogP contribution in [0.5, 0.6) is 0 Å². The van der Waals surface area contributed by atoms with E-state index in [0.717, 1.165) is 6.92 Å². The molecule has 0 bridgehead atoms. The second-order valence-electron chi connectivity index (χ2n) is 2.15. The molecule has 1 fully saturated rings. The fourth-order valence-electron chi connectivity index (χ4n) is 0.454. The van der Waals surface area contributed by atoms with Crippen LogP contribution in [0.25, 0.3) is 0 Å². The lowest BCUT2D eigenvalue weighted by atomic mass is 10.2. The van der Waals surface area contributed by atoms with Crippen molar-refractivity contribution in [3.05, 3.63) is 0 Å². The van der Waals surface area contributed by atoms with Gasteiger partial charge in [0, 0.05) is 0 Å². The van der Waals surface area contributed by atoms with E-state index in [4.69, 9.17) is 11.6 Å². The normalized spacial score (nSPS) is 47.4. The molecule has 6 heteroatoms. The van der Waals surface area contributed by atoms with Crippen molar-refractivity contribution in [3.8, 4) is 0 Å². The van der Waals surface area contributed by atoms with Crippen molar-refractivity contribution < 1.29 is 17.9 Å². The van der Waals surface area contributed by atoms with Crippen molar-refractivity contribution in [1.82, 2.24) is 0 Å². The minimum absolute atomic E-state index is 0.799. The Labute approximate surface area is 65.0 Å². The summed E-state index contributed by atoms with van der Waals surface area (Å²) in [7, 11) is 0. The van der Waals surface area contributed by atoms with Gasteiger partial charge in [-0.3, -0.25) is 0 Å². The fourth-order valence-corrected chi connectivity index (χ4v) is 0.935. The molecule has 1 aliphatic rings. The van der Waals surface area contributed by atoms with Gasteiger partial charge in [0.2, 0.25) is 5.60 Å². The fraction of sp³-hybridized carbons (Fsp3) is 1.00. The van der Waals surface area contributed by atoms with Crippen LogP contribution < -0.4 is 0 Å². The molecule has 1 rings (SSSR count). The highest BCUT2D eigenvalue weighted by Crippen LogP contribution is 2.61. The molecule has 2 atom stereocenters. The van der Waals surface area contributed by atoms with Gasteiger partial charge in [0.25, 0.3) is 0 Å². The predicted octanol–water partition coefficient (Wildman–Crippen LogP) is 2.47. The molecule has 0 N–H and O–H groups in total. The zero-order valence-corrected chi connectivity index (χ0v) is 6.31. The van der Waals surface area contributed by atoms with Crippen molar-refractivity contribution in [2.45, 2.75) is 23.2 Å². The number of hydrogen-bond donors (Lipinski definition) is 0. The summed E-state index contributed by atoms with van der Waals surface area (Å²) >= 11 is 9.25. The Morgan fingerprint density at radius 1 is 1.50 bits per heavy atom. The lowest BCUT2D eigenvalue weighted by molar-refractivity contribution is 0.0124. The summed E-state index contributed by atoms with van der Waals surface area (Å²) in [5, 5.41) is -6.60. The molecule has 1 saturated heterocycles. The van der Waals surface area contributed by atoms with E-state index < -0.39 is 16.3 Å². The summed E-state index contributed by atoms with van der Waals surface area (Å²) in [6.07, 6.45) is 0. The van der Waals surface area contributed by atoms with Gasteiger partial charge in [0.05, 0.1) is 0 Å². The van der Waals surface area contributed by atoms with Crippen molar-refractivity contribution in [2.24, 2.45) is 0 Å². The number of ether oxygens (including phenoxy) is 1. The smallest absolute Gasteiger partial charge is 0.309 e. The third-order valence-corrected chi connectivity index (χ3v) is 2.19. The SMILES string of the molecule is CC1(C(F)(F)Cl)OC1(F)Cl. The van der Waals surface area contributed by atoms with Crippen LogP contribution in [-0.2, 0) is 4.74 Å². The maximum Gasteiger partial charge on any atom is 0.357 e. The molecule has 1 nitrogen and oxygen atoms in total. The Morgan fingerprint density at radius 3 is 1.80 bits per heavy atom. The quantitative estimate of drug-likeness (QED) is 0.462.